The number of nitrogens with zero attached hydrogens (tertiary/aromatic N) is 1. The summed E-state index contributed by atoms with van der Waals surface area (Å²) in [6.07, 6.45) is 8.31. The average molecular weight is 313 g/mol. The van der Waals surface area contributed by atoms with Crippen LogP contribution in [-0.2, 0) is 0 Å². The van der Waals surface area contributed by atoms with E-state index in [9.17, 15) is 0 Å². The van der Waals surface area contributed by atoms with E-state index in [1.807, 2.05) is 0 Å². The van der Waals surface area contributed by atoms with Gasteiger partial charge in [-0.3, -0.25) is 0 Å². The molecule has 1 nitrogen and oxygen atoms in total. The highest BCUT2D eigenvalue weighted by molar-refractivity contribution is 7.82. The van der Waals surface area contributed by atoms with Gasteiger partial charge < -0.3 is 4.90 Å². The molecule has 0 radical (unpaired) electrons. The van der Waals surface area contributed by atoms with Crippen LogP contribution >= 0.6 is 24.4 Å². The first-order chi connectivity index (χ1) is 10.2. The van der Waals surface area contributed by atoms with Gasteiger partial charge in [-0.05, 0) is 56.3 Å². The quantitative estimate of drug-likeness (QED) is 0.711. The molecule has 0 aromatic heterocycles. The summed E-state index contributed by atoms with van der Waals surface area (Å²) < 4.78 is 0. The second-order valence-corrected chi connectivity index (χ2v) is 8.41. The lowest BCUT2D eigenvalue weighted by Crippen LogP contribution is -2.61. The van der Waals surface area contributed by atoms with Gasteiger partial charge in [0.15, 0.2) is 0 Å². The van der Waals surface area contributed by atoms with Gasteiger partial charge in [-0.15, -0.1) is 0 Å². The molecule has 4 fully saturated rings. The Morgan fingerprint density at radius 2 is 1.24 bits per heavy atom. The summed E-state index contributed by atoms with van der Waals surface area (Å²) in [5.74, 6) is 2.77. The van der Waals surface area contributed by atoms with E-state index in [4.69, 9.17) is 24.4 Å². The molecule has 0 atom stereocenters. The highest BCUT2D eigenvalue weighted by Crippen LogP contribution is 2.58. The molecular formula is C18H19NS2. The normalized spacial score (nSPS) is 40.0. The number of fused-ring (bicyclic) bond motifs is 1. The van der Waals surface area contributed by atoms with Crippen molar-refractivity contribution in [1.29, 1.82) is 0 Å². The van der Waals surface area contributed by atoms with Gasteiger partial charge in [0.25, 0.3) is 0 Å². The molecule has 21 heavy (non-hydrogen) atoms. The van der Waals surface area contributed by atoms with Crippen LogP contribution < -0.4 is 0 Å². The molecule has 4 saturated carbocycles. The summed E-state index contributed by atoms with van der Waals surface area (Å²) in [5.41, 5.74) is 2.63. The largest absolute Gasteiger partial charge is 0.316 e. The summed E-state index contributed by atoms with van der Waals surface area (Å²) in [5, 5.41) is 0. The monoisotopic (exact) mass is 313 g/mol. The molecule has 0 saturated heterocycles. The summed E-state index contributed by atoms with van der Waals surface area (Å²) in [6.45, 7) is 0. The van der Waals surface area contributed by atoms with E-state index in [1.54, 1.807) is 0 Å². The Balaban J connectivity index is 1.60. The van der Waals surface area contributed by atoms with Gasteiger partial charge in [0, 0.05) is 16.7 Å². The van der Waals surface area contributed by atoms with Gasteiger partial charge in [-0.1, -0.05) is 48.7 Å². The standard InChI is InChI=1S/C18H19NS2/c20-16-14-3-1-2-4-15(14)17(21)19(16)18-8-11-5-12(9-18)7-13(6-11)10-18/h1-4,11-13H,5-10H2. The molecule has 4 aliphatic carbocycles. The van der Waals surface area contributed by atoms with Crippen molar-refractivity contribution in [2.24, 2.45) is 17.8 Å². The minimum Gasteiger partial charge on any atom is -0.316 e. The fourth-order valence-electron chi connectivity index (χ4n) is 5.96. The SMILES string of the molecule is S=C1c2ccccc2C(=S)N1C12CC3CC(CC(C3)C1)C2. The Morgan fingerprint density at radius 1 is 0.810 bits per heavy atom. The Kier molecular flexibility index (Phi) is 2.51. The van der Waals surface area contributed by atoms with Gasteiger partial charge in [-0.25, -0.2) is 0 Å². The maximum absolute atomic E-state index is 5.85. The highest BCUT2D eigenvalue weighted by atomic mass is 32.1. The molecule has 0 N–H and O–H groups in total. The van der Waals surface area contributed by atoms with E-state index in [0.717, 1.165) is 27.7 Å². The number of hydrogen-bond donors (Lipinski definition) is 0. The zero-order valence-corrected chi connectivity index (χ0v) is 13.7. The Bertz CT molecular complexity index is 593. The zero-order valence-electron chi connectivity index (χ0n) is 12.0. The molecule has 1 aromatic rings. The number of thiocarbonyl (C=S) groups is 2. The minimum atomic E-state index is 0.252. The van der Waals surface area contributed by atoms with Crippen LogP contribution in [0.25, 0.3) is 0 Å². The van der Waals surface area contributed by atoms with E-state index in [-0.39, 0.29) is 5.54 Å². The van der Waals surface area contributed by atoms with Crippen molar-refractivity contribution in [3.8, 4) is 0 Å². The van der Waals surface area contributed by atoms with Crippen LogP contribution in [0.15, 0.2) is 24.3 Å². The second-order valence-electron chi connectivity index (χ2n) is 7.63. The number of benzene rings is 1. The van der Waals surface area contributed by atoms with Crippen LogP contribution in [0.3, 0.4) is 0 Å². The Morgan fingerprint density at radius 3 is 1.67 bits per heavy atom. The maximum Gasteiger partial charge on any atom is 0.115 e. The Hall–Kier alpha value is -0.800. The van der Waals surface area contributed by atoms with Crippen LogP contribution in [0, 0.1) is 17.8 Å². The van der Waals surface area contributed by atoms with Crippen molar-refractivity contribution in [2.45, 2.75) is 44.1 Å². The predicted molar refractivity (Wildman–Crippen MR) is 92.6 cm³/mol. The molecule has 5 aliphatic rings. The van der Waals surface area contributed by atoms with Crippen molar-refractivity contribution in [3.63, 3.8) is 0 Å². The molecule has 108 valence electrons. The first-order valence-corrected chi connectivity index (χ1v) is 8.96. The van der Waals surface area contributed by atoms with Crippen LogP contribution in [-0.4, -0.2) is 20.4 Å². The third-order valence-electron chi connectivity index (χ3n) is 6.27. The molecular weight excluding hydrogens is 294 g/mol. The van der Waals surface area contributed by atoms with E-state index in [2.05, 4.69) is 29.2 Å². The topological polar surface area (TPSA) is 3.24 Å². The maximum atomic E-state index is 5.85. The lowest BCUT2D eigenvalue weighted by Gasteiger charge is -2.60. The molecule has 6 rings (SSSR count). The van der Waals surface area contributed by atoms with Gasteiger partial charge >= 0.3 is 0 Å². The van der Waals surface area contributed by atoms with Crippen LogP contribution in [0.4, 0.5) is 0 Å². The molecule has 3 heteroatoms. The fraction of sp³-hybridized carbons (Fsp3) is 0.556. The molecule has 1 aromatic carbocycles. The summed E-state index contributed by atoms with van der Waals surface area (Å²) in [4.78, 5) is 4.40. The first kappa shape index (κ1) is 12.7. The number of rotatable bonds is 1. The first-order valence-electron chi connectivity index (χ1n) is 8.14. The Labute approximate surface area is 136 Å². The summed E-state index contributed by atoms with van der Waals surface area (Å²) in [6, 6.07) is 8.45. The zero-order chi connectivity index (χ0) is 14.2. The van der Waals surface area contributed by atoms with Gasteiger partial charge in [0.2, 0.25) is 0 Å². The van der Waals surface area contributed by atoms with Gasteiger partial charge in [0.1, 0.15) is 9.98 Å². The summed E-state index contributed by atoms with van der Waals surface area (Å²) >= 11 is 11.7. The van der Waals surface area contributed by atoms with Crippen molar-refractivity contribution in [2.75, 3.05) is 0 Å². The van der Waals surface area contributed by atoms with Crippen LogP contribution in [0.2, 0.25) is 0 Å². The molecule has 1 aliphatic heterocycles. The smallest absolute Gasteiger partial charge is 0.115 e. The van der Waals surface area contributed by atoms with E-state index in [1.165, 1.54) is 49.7 Å². The molecule has 4 bridgehead atoms. The number of hydrogen-bond acceptors (Lipinski definition) is 2. The molecule has 0 spiro atoms. The molecule has 0 amide bonds. The van der Waals surface area contributed by atoms with Crippen molar-refractivity contribution in [3.05, 3.63) is 35.4 Å². The molecule has 1 heterocycles. The van der Waals surface area contributed by atoms with E-state index >= 15 is 0 Å². The second kappa shape index (κ2) is 4.14. The lowest BCUT2D eigenvalue weighted by atomic mass is 9.52. The van der Waals surface area contributed by atoms with Crippen molar-refractivity contribution < 1.29 is 0 Å². The van der Waals surface area contributed by atoms with Crippen LogP contribution in [0.1, 0.15) is 49.7 Å². The van der Waals surface area contributed by atoms with Gasteiger partial charge in [-0.2, -0.15) is 0 Å². The third-order valence-corrected chi connectivity index (χ3v) is 7.08. The predicted octanol–water partition coefficient (Wildman–Crippen LogP) is 4.32. The molecule has 0 unspecified atom stereocenters. The van der Waals surface area contributed by atoms with Gasteiger partial charge in [0.05, 0.1) is 0 Å². The minimum absolute atomic E-state index is 0.252. The fourth-order valence-corrected chi connectivity index (χ4v) is 6.94. The lowest BCUT2D eigenvalue weighted by molar-refractivity contribution is -0.0400. The summed E-state index contributed by atoms with van der Waals surface area (Å²) in [7, 11) is 0. The van der Waals surface area contributed by atoms with E-state index in [0.29, 0.717) is 0 Å². The van der Waals surface area contributed by atoms with Crippen LogP contribution in [0.5, 0.6) is 0 Å². The third kappa shape index (κ3) is 1.62. The highest BCUT2D eigenvalue weighted by Gasteiger charge is 2.56. The van der Waals surface area contributed by atoms with E-state index < -0.39 is 0 Å². The average Bonchev–Trinajstić information content (AvgIpc) is 2.70. The van der Waals surface area contributed by atoms with Crippen molar-refractivity contribution >= 4 is 34.4 Å². The van der Waals surface area contributed by atoms with Crippen molar-refractivity contribution in [1.82, 2.24) is 4.90 Å².